The lowest BCUT2D eigenvalue weighted by Gasteiger charge is -2.26. The lowest BCUT2D eigenvalue weighted by atomic mass is 9.85. The third kappa shape index (κ3) is 7.93. The quantitative estimate of drug-likeness (QED) is 0.496. The van der Waals surface area contributed by atoms with Gasteiger partial charge in [-0.1, -0.05) is 62.7 Å². The van der Waals surface area contributed by atoms with E-state index in [0.29, 0.717) is 31.3 Å². The molecule has 3 heteroatoms. The molecule has 0 saturated heterocycles. The van der Waals surface area contributed by atoms with Gasteiger partial charge in [-0.2, -0.15) is 0 Å². The summed E-state index contributed by atoms with van der Waals surface area (Å²) in [5, 5.41) is 29.6. The number of hydrogen-bond acceptors (Lipinski definition) is 3. The number of aliphatic hydroxyl groups is 3. The molecule has 0 spiro atoms. The number of unbranched alkanes of at least 4 members (excludes halogenated alkanes) is 1. The number of hydrogen-bond donors (Lipinski definition) is 3. The van der Waals surface area contributed by atoms with Gasteiger partial charge in [-0.05, 0) is 73.3 Å². The maximum Gasteiger partial charge on any atom is 0.0811 e. The van der Waals surface area contributed by atoms with Crippen molar-refractivity contribution in [1.29, 1.82) is 0 Å². The van der Waals surface area contributed by atoms with E-state index in [1.807, 2.05) is 18.2 Å². The summed E-state index contributed by atoms with van der Waals surface area (Å²) in [5.74, 6) is 0. The van der Waals surface area contributed by atoms with Crippen LogP contribution < -0.4 is 0 Å². The molecule has 3 unspecified atom stereocenters. The van der Waals surface area contributed by atoms with E-state index in [-0.39, 0.29) is 0 Å². The topological polar surface area (TPSA) is 60.7 Å². The van der Waals surface area contributed by atoms with Gasteiger partial charge >= 0.3 is 0 Å². The van der Waals surface area contributed by atoms with E-state index in [9.17, 15) is 15.3 Å². The van der Waals surface area contributed by atoms with Crippen LogP contribution in [-0.4, -0.2) is 33.6 Å². The van der Waals surface area contributed by atoms with Gasteiger partial charge in [0.1, 0.15) is 0 Å². The van der Waals surface area contributed by atoms with Crippen LogP contribution in [0.4, 0.5) is 0 Å². The minimum Gasteiger partial charge on any atom is -0.393 e. The van der Waals surface area contributed by atoms with Crippen LogP contribution in [0.25, 0.3) is 5.57 Å². The maximum atomic E-state index is 10.1. The van der Waals surface area contributed by atoms with Crippen LogP contribution in [-0.2, 0) is 6.42 Å². The summed E-state index contributed by atoms with van der Waals surface area (Å²) in [4.78, 5) is 0. The van der Waals surface area contributed by atoms with Gasteiger partial charge in [0.2, 0.25) is 0 Å². The second kappa shape index (κ2) is 12.1. The van der Waals surface area contributed by atoms with Crippen molar-refractivity contribution in [1.82, 2.24) is 0 Å². The van der Waals surface area contributed by atoms with E-state index >= 15 is 0 Å². The Hall–Kier alpha value is -1.68. The van der Waals surface area contributed by atoms with Crippen LogP contribution >= 0.6 is 0 Å². The first-order valence-corrected chi connectivity index (χ1v) is 10.8. The zero-order chi connectivity index (χ0) is 23.0. The van der Waals surface area contributed by atoms with Crippen LogP contribution in [0.2, 0.25) is 0 Å². The fraction of sp³-hybridized carbons (Fsp3) is 0.538. The average Bonchev–Trinajstić information content (AvgIpc) is 2.71. The summed E-state index contributed by atoms with van der Waals surface area (Å²) >= 11 is 0. The van der Waals surface area contributed by atoms with Gasteiger partial charge < -0.3 is 15.3 Å². The van der Waals surface area contributed by atoms with Crippen molar-refractivity contribution in [2.45, 2.75) is 89.9 Å². The molecule has 1 aliphatic carbocycles. The minimum absolute atomic E-state index is 0.310. The molecule has 0 heterocycles. The molecule has 1 aromatic rings. The first-order chi connectivity index (χ1) is 14.7. The zero-order valence-electron chi connectivity index (χ0n) is 19.8. The molecule has 1 aliphatic rings. The SMILES string of the molecule is [2H]C(Cc1cccc(/C(=C/C=C2C[C@@H](O)C[C@H](O)C2=C)CCCC)c1)C([2H])CC(C)O. The Morgan fingerprint density at radius 3 is 2.86 bits per heavy atom. The van der Waals surface area contributed by atoms with Gasteiger partial charge in [0, 0.05) is 9.16 Å². The molecule has 3 nitrogen and oxygen atoms in total. The third-order valence-electron chi connectivity index (χ3n) is 5.35. The number of rotatable bonds is 10. The van der Waals surface area contributed by atoms with Crippen molar-refractivity contribution in [3.8, 4) is 0 Å². The molecule has 0 aromatic heterocycles. The summed E-state index contributed by atoms with van der Waals surface area (Å²) in [6, 6.07) is 8.14. The summed E-state index contributed by atoms with van der Waals surface area (Å²) in [6.07, 6.45) is 5.71. The van der Waals surface area contributed by atoms with Gasteiger partial charge in [-0.15, -0.1) is 0 Å². The summed E-state index contributed by atoms with van der Waals surface area (Å²) in [5.41, 5.74) is 4.85. The second-order valence-electron chi connectivity index (χ2n) is 8.08. The highest BCUT2D eigenvalue weighted by Crippen LogP contribution is 2.30. The van der Waals surface area contributed by atoms with Gasteiger partial charge in [0.15, 0.2) is 0 Å². The normalized spacial score (nSPS) is 26.0. The van der Waals surface area contributed by atoms with Crippen molar-refractivity contribution in [3.63, 3.8) is 0 Å². The van der Waals surface area contributed by atoms with Crippen LogP contribution in [0.1, 0.15) is 79.0 Å². The predicted octanol–water partition coefficient (Wildman–Crippen LogP) is 5.35. The lowest BCUT2D eigenvalue weighted by molar-refractivity contribution is 0.0862. The molecule has 1 aromatic carbocycles. The Balaban J connectivity index is 2.24. The fourth-order valence-corrected chi connectivity index (χ4v) is 3.56. The van der Waals surface area contributed by atoms with Crippen molar-refractivity contribution in [2.24, 2.45) is 0 Å². The Bertz CT molecular complexity index is 785. The zero-order valence-corrected chi connectivity index (χ0v) is 17.8. The Kier molecular flexibility index (Phi) is 8.60. The van der Waals surface area contributed by atoms with Crippen LogP contribution in [0.5, 0.6) is 0 Å². The highest BCUT2D eigenvalue weighted by molar-refractivity contribution is 5.68. The smallest absolute Gasteiger partial charge is 0.0811 e. The van der Waals surface area contributed by atoms with E-state index in [1.54, 1.807) is 6.92 Å². The molecule has 3 N–H and O–H groups in total. The predicted molar refractivity (Wildman–Crippen MR) is 122 cm³/mol. The van der Waals surface area contributed by atoms with E-state index in [0.717, 1.165) is 36.0 Å². The molecule has 2 rings (SSSR count). The Labute approximate surface area is 179 Å². The third-order valence-corrected chi connectivity index (χ3v) is 5.35. The van der Waals surface area contributed by atoms with Crippen molar-refractivity contribution in [2.75, 3.05) is 0 Å². The largest absolute Gasteiger partial charge is 0.393 e. The molecule has 160 valence electrons. The van der Waals surface area contributed by atoms with Gasteiger partial charge in [-0.25, -0.2) is 0 Å². The molecule has 29 heavy (non-hydrogen) atoms. The second-order valence-corrected chi connectivity index (χ2v) is 8.08. The van der Waals surface area contributed by atoms with Gasteiger partial charge in [0.25, 0.3) is 0 Å². The highest BCUT2D eigenvalue weighted by Gasteiger charge is 2.24. The molecular weight excluding hydrogens is 360 g/mol. The molecule has 5 atom stereocenters. The molecule has 1 saturated carbocycles. The maximum absolute atomic E-state index is 10.1. The molecule has 0 amide bonds. The van der Waals surface area contributed by atoms with Crippen LogP contribution in [0, 0.1) is 0 Å². The number of aryl methyl sites for hydroxylation is 1. The standard InChI is InChI=1S/C26H38O3/c1-4-5-12-22(14-15-23-17-25(28)18-26(29)20(23)3)24-13-8-11-21(16-24)10-7-6-9-19(2)27/h8,11,13-16,19,25-29H,3-7,9-10,12,17-18H2,1-2H3/b22-14+,23-15?/t19?,25-,26+/m1/s1/i6D,7D/t6?,7?,19?,25-,26+. The average molecular weight is 401 g/mol. The van der Waals surface area contributed by atoms with E-state index < -0.39 is 31.1 Å². The van der Waals surface area contributed by atoms with Gasteiger partial charge in [0.05, 0.1) is 18.3 Å². The Morgan fingerprint density at radius 1 is 1.34 bits per heavy atom. The fourth-order valence-electron chi connectivity index (χ4n) is 3.56. The summed E-state index contributed by atoms with van der Waals surface area (Å²) in [6.45, 7) is 7.81. The summed E-state index contributed by atoms with van der Waals surface area (Å²) < 4.78 is 16.4. The Morgan fingerprint density at radius 2 is 2.14 bits per heavy atom. The van der Waals surface area contributed by atoms with Crippen molar-refractivity contribution in [3.05, 3.63) is 65.3 Å². The molecule has 0 radical (unpaired) electrons. The van der Waals surface area contributed by atoms with E-state index in [2.05, 4.69) is 31.7 Å². The van der Waals surface area contributed by atoms with E-state index in [1.165, 1.54) is 5.57 Å². The first-order valence-electron chi connectivity index (χ1n) is 11.9. The highest BCUT2D eigenvalue weighted by atomic mass is 16.3. The molecular formula is C26H38O3. The lowest BCUT2D eigenvalue weighted by Crippen LogP contribution is -2.26. The molecule has 0 bridgehead atoms. The van der Waals surface area contributed by atoms with Crippen molar-refractivity contribution < 1.29 is 18.1 Å². The van der Waals surface area contributed by atoms with Gasteiger partial charge in [-0.3, -0.25) is 0 Å². The molecule has 1 fully saturated rings. The van der Waals surface area contributed by atoms with Crippen molar-refractivity contribution >= 4 is 5.57 Å². The number of benzene rings is 1. The molecule has 0 aliphatic heterocycles. The minimum atomic E-state index is -0.695. The first kappa shape index (κ1) is 20.6. The van der Waals surface area contributed by atoms with E-state index in [4.69, 9.17) is 2.74 Å². The monoisotopic (exact) mass is 400 g/mol. The van der Waals surface area contributed by atoms with Crippen LogP contribution in [0.15, 0.2) is 54.1 Å². The van der Waals surface area contributed by atoms with Crippen LogP contribution in [0.3, 0.4) is 0 Å². The summed E-state index contributed by atoms with van der Waals surface area (Å²) in [7, 11) is 0. The number of allylic oxidation sites excluding steroid dienone is 3. The number of aliphatic hydroxyl groups excluding tert-OH is 3.